The summed E-state index contributed by atoms with van der Waals surface area (Å²) in [5.74, 6) is 0.449. The minimum atomic E-state index is -0.191. The van der Waals surface area contributed by atoms with Crippen LogP contribution in [0.4, 0.5) is 0 Å². The van der Waals surface area contributed by atoms with Gasteiger partial charge in [-0.2, -0.15) is 0 Å². The Morgan fingerprint density at radius 2 is 1.71 bits per heavy atom. The van der Waals surface area contributed by atoms with Crippen LogP contribution >= 0.6 is 11.8 Å². The number of benzene rings is 1. The molecule has 132 valence electrons. The number of amides is 1. The van der Waals surface area contributed by atoms with Gasteiger partial charge in [-0.25, -0.2) is 0 Å². The largest absolute Gasteiger partial charge is 0.393 e. The van der Waals surface area contributed by atoms with Crippen molar-refractivity contribution in [2.75, 3.05) is 32.4 Å². The molecular weight excluding hydrogens is 320 g/mol. The molecule has 3 rings (SSSR count). The molecule has 1 N–H and O–H groups in total. The second-order valence-electron chi connectivity index (χ2n) is 6.95. The molecule has 1 aliphatic heterocycles. The number of carbonyl (C=O) groups is 1. The molecule has 2 aliphatic rings. The van der Waals surface area contributed by atoms with E-state index in [9.17, 15) is 9.90 Å². The lowest BCUT2D eigenvalue weighted by Crippen LogP contribution is -2.50. The third-order valence-electron chi connectivity index (χ3n) is 5.30. The van der Waals surface area contributed by atoms with Crippen LogP contribution in [0.3, 0.4) is 0 Å². The van der Waals surface area contributed by atoms with Gasteiger partial charge in [-0.05, 0) is 49.6 Å². The van der Waals surface area contributed by atoms with Crippen LogP contribution < -0.4 is 0 Å². The summed E-state index contributed by atoms with van der Waals surface area (Å²) in [7, 11) is 0. The highest BCUT2D eigenvalue weighted by Crippen LogP contribution is 2.26. The smallest absolute Gasteiger partial charge is 0.225 e. The monoisotopic (exact) mass is 348 g/mol. The first-order chi connectivity index (χ1) is 11.7. The standard InChI is InChI=1S/C19H28N2O2S/c1-24-18-8-2-15(3-9-18)14-20-10-12-21(13-11-20)19(23)16-4-6-17(22)7-5-16/h2-3,8-9,16-17,22H,4-7,10-14H2,1H3. The van der Waals surface area contributed by atoms with E-state index in [0.29, 0.717) is 5.91 Å². The van der Waals surface area contributed by atoms with Crippen molar-refractivity contribution in [2.24, 2.45) is 5.92 Å². The lowest BCUT2D eigenvalue weighted by Gasteiger charge is -2.37. The van der Waals surface area contributed by atoms with E-state index in [1.807, 2.05) is 4.90 Å². The van der Waals surface area contributed by atoms with Gasteiger partial charge in [0.15, 0.2) is 0 Å². The molecule has 1 saturated carbocycles. The van der Waals surface area contributed by atoms with Crippen molar-refractivity contribution in [3.05, 3.63) is 29.8 Å². The van der Waals surface area contributed by atoms with Crippen molar-refractivity contribution < 1.29 is 9.90 Å². The summed E-state index contributed by atoms with van der Waals surface area (Å²) in [6, 6.07) is 8.77. The normalized spacial score (nSPS) is 25.7. The Kier molecular flexibility index (Phi) is 6.19. The molecule has 1 aromatic carbocycles. The van der Waals surface area contributed by atoms with Crippen LogP contribution in [0.15, 0.2) is 29.2 Å². The van der Waals surface area contributed by atoms with Gasteiger partial charge in [0.25, 0.3) is 0 Å². The fourth-order valence-corrected chi connectivity index (χ4v) is 4.10. The Labute approximate surface area is 149 Å². The second kappa shape index (κ2) is 8.37. The van der Waals surface area contributed by atoms with Gasteiger partial charge in [0.2, 0.25) is 5.91 Å². The van der Waals surface area contributed by atoms with Crippen LogP contribution in [0.1, 0.15) is 31.2 Å². The number of hydrogen-bond acceptors (Lipinski definition) is 4. The summed E-state index contributed by atoms with van der Waals surface area (Å²) in [6.45, 7) is 4.53. The van der Waals surface area contributed by atoms with Gasteiger partial charge in [0, 0.05) is 43.5 Å². The molecule has 0 spiro atoms. The minimum absolute atomic E-state index is 0.138. The van der Waals surface area contributed by atoms with E-state index >= 15 is 0 Å². The fourth-order valence-electron chi connectivity index (χ4n) is 3.70. The number of aliphatic hydroxyl groups is 1. The highest BCUT2D eigenvalue weighted by Gasteiger charge is 2.30. The van der Waals surface area contributed by atoms with Crippen LogP contribution in [0.2, 0.25) is 0 Å². The molecule has 1 heterocycles. The Morgan fingerprint density at radius 3 is 2.29 bits per heavy atom. The summed E-state index contributed by atoms with van der Waals surface area (Å²) < 4.78 is 0. The number of aliphatic hydroxyl groups excluding tert-OH is 1. The van der Waals surface area contributed by atoms with Crippen LogP contribution in [0, 0.1) is 5.92 Å². The lowest BCUT2D eigenvalue weighted by atomic mass is 9.86. The van der Waals surface area contributed by atoms with Crippen molar-refractivity contribution in [1.29, 1.82) is 0 Å². The summed E-state index contributed by atoms with van der Waals surface area (Å²) >= 11 is 1.77. The quantitative estimate of drug-likeness (QED) is 0.850. The number of nitrogens with zero attached hydrogens (tertiary/aromatic N) is 2. The Balaban J connectivity index is 1.45. The van der Waals surface area contributed by atoms with Crippen molar-refractivity contribution in [3.63, 3.8) is 0 Å². The molecule has 1 saturated heterocycles. The van der Waals surface area contributed by atoms with E-state index < -0.39 is 0 Å². The average molecular weight is 349 g/mol. The molecule has 0 radical (unpaired) electrons. The number of rotatable bonds is 4. The van der Waals surface area contributed by atoms with E-state index in [4.69, 9.17) is 0 Å². The fraction of sp³-hybridized carbons (Fsp3) is 0.632. The number of thioether (sulfide) groups is 1. The molecular formula is C19H28N2O2S. The minimum Gasteiger partial charge on any atom is -0.393 e. The zero-order valence-electron chi connectivity index (χ0n) is 14.5. The van der Waals surface area contributed by atoms with Gasteiger partial charge in [0.05, 0.1) is 6.10 Å². The zero-order valence-corrected chi connectivity index (χ0v) is 15.3. The third-order valence-corrected chi connectivity index (χ3v) is 6.04. The van der Waals surface area contributed by atoms with Crippen molar-refractivity contribution in [1.82, 2.24) is 9.80 Å². The summed E-state index contributed by atoms with van der Waals surface area (Å²) in [5.41, 5.74) is 1.34. The average Bonchev–Trinajstić information content (AvgIpc) is 2.63. The topological polar surface area (TPSA) is 43.8 Å². The van der Waals surface area contributed by atoms with E-state index in [-0.39, 0.29) is 12.0 Å². The van der Waals surface area contributed by atoms with Gasteiger partial charge in [0.1, 0.15) is 0 Å². The van der Waals surface area contributed by atoms with Gasteiger partial charge in [-0.3, -0.25) is 9.69 Å². The maximum Gasteiger partial charge on any atom is 0.225 e. The summed E-state index contributed by atoms with van der Waals surface area (Å²) in [4.78, 5) is 18.4. The predicted molar refractivity (Wildman–Crippen MR) is 98.0 cm³/mol. The van der Waals surface area contributed by atoms with E-state index in [1.54, 1.807) is 11.8 Å². The van der Waals surface area contributed by atoms with Crippen LogP contribution in [0.5, 0.6) is 0 Å². The van der Waals surface area contributed by atoms with E-state index in [1.165, 1.54) is 10.5 Å². The Bertz CT molecular complexity index is 533. The number of hydrogen-bond donors (Lipinski definition) is 1. The molecule has 24 heavy (non-hydrogen) atoms. The van der Waals surface area contributed by atoms with Crippen LogP contribution in [-0.4, -0.2) is 59.4 Å². The molecule has 0 bridgehead atoms. The first-order valence-electron chi connectivity index (χ1n) is 8.98. The predicted octanol–water partition coefficient (Wildman–Crippen LogP) is 2.60. The van der Waals surface area contributed by atoms with Gasteiger partial charge in [-0.15, -0.1) is 11.8 Å². The van der Waals surface area contributed by atoms with E-state index in [0.717, 1.165) is 58.4 Å². The van der Waals surface area contributed by atoms with Crippen molar-refractivity contribution >= 4 is 17.7 Å². The highest BCUT2D eigenvalue weighted by atomic mass is 32.2. The highest BCUT2D eigenvalue weighted by molar-refractivity contribution is 7.98. The maximum atomic E-state index is 12.6. The summed E-state index contributed by atoms with van der Waals surface area (Å²) in [6.07, 6.45) is 5.16. The lowest BCUT2D eigenvalue weighted by molar-refractivity contribution is -0.139. The van der Waals surface area contributed by atoms with Gasteiger partial charge < -0.3 is 10.0 Å². The van der Waals surface area contributed by atoms with Gasteiger partial charge in [-0.1, -0.05) is 12.1 Å². The number of carbonyl (C=O) groups excluding carboxylic acids is 1. The van der Waals surface area contributed by atoms with E-state index in [2.05, 4.69) is 35.4 Å². The first kappa shape index (κ1) is 17.8. The number of piperazine rings is 1. The Hall–Kier alpha value is -1.04. The third kappa shape index (κ3) is 4.52. The van der Waals surface area contributed by atoms with Crippen molar-refractivity contribution in [2.45, 2.75) is 43.2 Å². The Morgan fingerprint density at radius 1 is 1.08 bits per heavy atom. The molecule has 1 aliphatic carbocycles. The summed E-state index contributed by atoms with van der Waals surface area (Å²) in [5, 5.41) is 9.59. The van der Waals surface area contributed by atoms with Crippen molar-refractivity contribution in [3.8, 4) is 0 Å². The van der Waals surface area contributed by atoms with Crippen LogP contribution in [0.25, 0.3) is 0 Å². The SMILES string of the molecule is CSc1ccc(CN2CCN(C(=O)C3CCC(O)CC3)CC2)cc1. The molecule has 0 aromatic heterocycles. The molecule has 0 unspecified atom stereocenters. The first-order valence-corrected chi connectivity index (χ1v) is 10.2. The van der Waals surface area contributed by atoms with Gasteiger partial charge >= 0.3 is 0 Å². The second-order valence-corrected chi connectivity index (χ2v) is 7.83. The molecule has 0 atom stereocenters. The molecule has 1 amide bonds. The zero-order chi connectivity index (χ0) is 16.9. The molecule has 4 nitrogen and oxygen atoms in total. The molecule has 2 fully saturated rings. The maximum absolute atomic E-state index is 12.6. The van der Waals surface area contributed by atoms with Crippen LogP contribution in [-0.2, 0) is 11.3 Å². The molecule has 1 aromatic rings. The molecule has 5 heteroatoms.